The number of carboxylic acid groups (broad SMARTS) is 1. The average molecular weight is 227 g/mol. The highest BCUT2D eigenvalue weighted by Crippen LogP contribution is 2.16. The number of aliphatic carboxylic acids is 1. The molecule has 0 saturated carbocycles. The van der Waals surface area contributed by atoms with Gasteiger partial charge in [-0.3, -0.25) is 0 Å². The van der Waals surface area contributed by atoms with Gasteiger partial charge >= 0.3 is 5.97 Å². The molecule has 0 bridgehead atoms. The molecule has 15 heavy (non-hydrogen) atoms. The van der Waals surface area contributed by atoms with Crippen LogP contribution in [0.3, 0.4) is 0 Å². The molecular formula is C9H13N3O2S. The third kappa shape index (κ3) is 2.53. The second kappa shape index (κ2) is 4.88. The Bertz CT molecular complexity index is 375. The van der Waals surface area contributed by atoms with Crippen LogP contribution < -0.4 is 5.73 Å². The number of carboxylic acids is 1. The van der Waals surface area contributed by atoms with E-state index in [0.717, 1.165) is 6.42 Å². The van der Waals surface area contributed by atoms with Crippen LogP contribution in [-0.4, -0.2) is 25.6 Å². The van der Waals surface area contributed by atoms with E-state index in [0.29, 0.717) is 12.2 Å². The normalized spacial score (nSPS) is 12.3. The molecule has 82 valence electrons. The quantitative estimate of drug-likeness (QED) is 0.732. The number of nitrogens with zero attached hydrogens (tertiary/aromatic N) is 2. The van der Waals surface area contributed by atoms with Crippen molar-refractivity contribution in [2.45, 2.75) is 25.8 Å². The third-order valence-electron chi connectivity index (χ3n) is 2.07. The van der Waals surface area contributed by atoms with Gasteiger partial charge in [-0.2, -0.15) is 0 Å². The van der Waals surface area contributed by atoms with E-state index >= 15 is 0 Å². The average Bonchev–Trinajstić information content (AvgIpc) is 2.61. The van der Waals surface area contributed by atoms with Crippen LogP contribution in [0.15, 0.2) is 12.4 Å². The van der Waals surface area contributed by atoms with E-state index in [2.05, 4.69) is 4.98 Å². The minimum Gasteiger partial charge on any atom is -0.480 e. The van der Waals surface area contributed by atoms with E-state index in [1.165, 1.54) is 10.8 Å². The fourth-order valence-corrected chi connectivity index (χ4v) is 1.57. The van der Waals surface area contributed by atoms with E-state index in [1.54, 1.807) is 6.20 Å². The maximum absolute atomic E-state index is 11.0. The van der Waals surface area contributed by atoms with Crippen molar-refractivity contribution in [2.75, 3.05) is 0 Å². The van der Waals surface area contributed by atoms with Gasteiger partial charge in [0.1, 0.15) is 11.0 Å². The summed E-state index contributed by atoms with van der Waals surface area (Å²) in [5.74, 6) is -0.543. The largest absolute Gasteiger partial charge is 0.480 e. The van der Waals surface area contributed by atoms with Gasteiger partial charge in [0.15, 0.2) is 5.82 Å². The first-order valence-electron chi connectivity index (χ1n) is 4.63. The van der Waals surface area contributed by atoms with Gasteiger partial charge in [0.05, 0.1) is 0 Å². The lowest BCUT2D eigenvalue weighted by Crippen LogP contribution is -2.24. The number of hydrogen-bond acceptors (Lipinski definition) is 3. The molecule has 1 unspecified atom stereocenters. The molecule has 1 heterocycles. The number of thiocarbonyl (C=S) groups is 1. The molecular weight excluding hydrogens is 214 g/mol. The lowest BCUT2D eigenvalue weighted by atomic mass is 10.1. The van der Waals surface area contributed by atoms with Gasteiger partial charge in [0.2, 0.25) is 0 Å². The molecule has 0 amide bonds. The fraction of sp³-hybridized carbons (Fsp3) is 0.444. The Morgan fingerprint density at radius 1 is 1.80 bits per heavy atom. The molecule has 0 aliphatic rings. The van der Waals surface area contributed by atoms with E-state index in [-0.39, 0.29) is 4.99 Å². The molecule has 1 aromatic rings. The zero-order chi connectivity index (χ0) is 11.4. The van der Waals surface area contributed by atoms with Crippen LogP contribution in [0.1, 0.15) is 31.6 Å². The maximum atomic E-state index is 11.0. The van der Waals surface area contributed by atoms with Crippen LogP contribution in [-0.2, 0) is 4.79 Å². The summed E-state index contributed by atoms with van der Waals surface area (Å²) in [6.07, 6.45) is 4.39. The van der Waals surface area contributed by atoms with Gasteiger partial charge < -0.3 is 15.4 Å². The van der Waals surface area contributed by atoms with E-state index in [1.807, 2.05) is 6.92 Å². The first-order valence-corrected chi connectivity index (χ1v) is 5.04. The predicted octanol–water partition coefficient (Wildman–Crippen LogP) is 0.943. The molecule has 0 aromatic carbocycles. The van der Waals surface area contributed by atoms with Crippen molar-refractivity contribution >= 4 is 23.2 Å². The van der Waals surface area contributed by atoms with Crippen molar-refractivity contribution in [3.05, 3.63) is 18.2 Å². The van der Waals surface area contributed by atoms with Gasteiger partial charge in [-0.25, -0.2) is 9.78 Å². The van der Waals surface area contributed by atoms with Crippen LogP contribution in [0.2, 0.25) is 0 Å². The minimum absolute atomic E-state index is 0.113. The lowest BCUT2D eigenvalue weighted by Gasteiger charge is -2.15. The second-order valence-electron chi connectivity index (χ2n) is 3.17. The number of hydrogen-bond donors (Lipinski definition) is 2. The smallest absolute Gasteiger partial charge is 0.326 e. The summed E-state index contributed by atoms with van der Waals surface area (Å²) in [6.45, 7) is 1.92. The molecule has 0 saturated heterocycles. The highest BCUT2D eigenvalue weighted by molar-refractivity contribution is 7.80. The zero-order valence-corrected chi connectivity index (χ0v) is 9.20. The van der Waals surface area contributed by atoms with Gasteiger partial charge in [-0.15, -0.1) is 0 Å². The lowest BCUT2D eigenvalue weighted by molar-refractivity contribution is -0.141. The number of carbonyl (C=O) groups is 1. The Kier molecular flexibility index (Phi) is 3.79. The number of nitrogens with two attached hydrogens (primary N) is 1. The minimum atomic E-state index is -0.896. The topological polar surface area (TPSA) is 81.1 Å². The van der Waals surface area contributed by atoms with Crippen molar-refractivity contribution in [3.8, 4) is 0 Å². The van der Waals surface area contributed by atoms with Crippen LogP contribution in [0.5, 0.6) is 0 Å². The molecule has 1 rings (SSSR count). The van der Waals surface area contributed by atoms with Crippen LogP contribution in [0.4, 0.5) is 0 Å². The van der Waals surface area contributed by atoms with E-state index in [9.17, 15) is 4.79 Å². The van der Waals surface area contributed by atoms with Crippen molar-refractivity contribution in [2.24, 2.45) is 5.73 Å². The molecule has 0 aliphatic heterocycles. The summed E-state index contributed by atoms with van der Waals surface area (Å²) >= 11 is 4.79. The third-order valence-corrected chi connectivity index (χ3v) is 2.25. The highest BCUT2D eigenvalue weighted by Gasteiger charge is 2.21. The molecule has 1 atom stereocenters. The molecule has 3 N–H and O–H groups in total. The summed E-state index contributed by atoms with van der Waals surface area (Å²) in [7, 11) is 0. The fourth-order valence-electron chi connectivity index (χ4n) is 1.41. The maximum Gasteiger partial charge on any atom is 0.326 e. The SMILES string of the molecule is CCCC(C(=O)O)n1ccnc1C(N)=S. The van der Waals surface area contributed by atoms with Crippen molar-refractivity contribution in [3.63, 3.8) is 0 Å². The number of aromatic nitrogens is 2. The highest BCUT2D eigenvalue weighted by atomic mass is 32.1. The van der Waals surface area contributed by atoms with Crippen LogP contribution >= 0.6 is 12.2 Å². The van der Waals surface area contributed by atoms with E-state index < -0.39 is 12.0 Å². The zero-order valence-electron chi connectivity index (χ0n) is 8.38. The van der Waals surface area contributed by atoms with Crippen LogP contribution in [0, 0.1) is 0 Å². The first kappa shape index (κ1) is 11.6. The van der Waals surface area contributed by atoms with Gasteiger partial charge in [-0.1, -0.05) is 25.6 Å². The van der Waals surface area contributed by atoms with Gasteiger partial charge in [-0.05, 0) is 6.42 Å². The Morgan fingerprint density at radius 2 is 2.47 bits per heavy atom. The van der Waals surface area contributed by atoms with Crippen molar-refractivity contribution < 1.29 is 9.90 Å². The molecule has 1 aromatic heterocycles. The molecule has 6 heteroatoms. The van der Waals surface area contributed by atoms with E-state index in [4.69, 9.17) is 23.1 Å². The molecule has 0 spiro atoms. The molecule has 5 nitrogen and oxygen atoms in total. The van der Waals surface area contributed by atoms with Crippen LogP contribution in [0.25, 0.3) is 0 Å². The number of imidazole rings is 1. The first-order chi connectivity index (χ1) is 7.07. The Labute approximate surface area is 92.9 Å². The molecule has 0 fully saturated rings. The second-order valence-corrected chi connectivity index (χ2v) is 3.60. The predicted molar refractivity (Wildman–Crippen MR) is 59.7 cm³/mol. The van der Waals surface area contributed by atoms with Gasteiger partial charge in [0.25, 0.3) is 0 Å². The molecule has 0 aliphatic carbocycles. The summed E-state index contributed by atoms with van der Waals surface area (Å²) < 4.78 is 1.51. The number of rotatable bonds is 5. The van der Waals surface area contributed by atoms with Gasteiger partial charge in [0, 0.05) is 12.4 Å². The molecule has 0 radical (unpaired) electrons. The summed E-state index contributed by atoms with van der Waals surface area (Å²) in [4.78, 5) is 15.1. The van der Waals surface area contributed by atoms with Crippen molar-refractivity contribution in [1.29, 1.82) is 0 Å². The Morgan fingerprint density at radius 3 is 2.93 bits per heavy atom. The van der Waals surface area contributed by atoms with Crippen molar-refractivity contribution in [1.82, 2.24) is 9.55 Å². The summed E-state index contributed by atoms with van der Waals surface area (Å²) in [5.41, 5.74) is 5.45. The summed E-state index contributed by atoms with van der Waals surface area (Å²) in [6, 6.07) is -0.644. The standard InChI is InChI=1S/C9H13N3O2S/c1-2-3-6(9(13)14)12-5-4-11-8(12)7(10)15/h4-6H,2-3H2,1H3,(H2,10,15)(H,13,14). The Balaban J connectivity index is 3.05. The Hall–Kier alpha value is -1.43. The monoisotopic (exact) mass is 227 g/mol. The summed E-state index contributed by atoms with van der Waals surface area (Å²) in [5, 5.41) is 9.05.